The van der Waals surface area contributed by atoms with Crippen molar-refractivity contribution in [1.82, 2.24) is 0 Å². The van der Waals surface area contributed by atoms with Gasteiger partial charge in [-0.1, -0.05) is 55.7 Å². The molecule has 0 radical (unpaired) electrons. The molecular weight excluding hydrogens is 869 g/mol. The zero-order valence-electron chi connectivity index (χ0n) is 40.0. The van der Waals surface area contributed by atoms with E-state index in [1.165, 1.54) is 14.2 Å². The van der Waals surface area contributed by atoms with Crippen LogP contribution in [0.4, 0.5) is 0 Å². The standard InChI is InChI=1S/C26H42O8.C23H38O8.2CH4/c1-14-11-17(7-8-23(27)29-6)31-19(15(14)2)12-21-24(28)16(3)25-22(32-21)13-20-18(33-25)9-10-30-26(4,5)34-20;1-12-9-15(5-6-21(26)28-4)29-18(13(12)2)11-19-22(27)14(3)23-20(30-19)10-16(25)17(31-23)7-8-24;;/h14,16-22,24-25,28H,2,7-13H2,1,3-6H3;12,14-20,22-25,27H,2,5-11H2,1,3-4H3;2*1H4/t14-,16-,17+,18-,19?,20-,21+,22+,24-,25+;12-,14-,15+,16?,17-,18?,19+,20+,22-,23+;;/m11../s1. The molecule has 67 heavy (non-hydrogen) atoms. The average Bonchev–Trinajstić information content (AvgIpc) is 3.42. The number of rotatable bonds is 12. The minimum absolute atomic E-state index is 0. The lowest BCUT2D eigenvalue weighted by Crippen LogP contribution is -2.61. The second kappa shape index (κ2) is 25.4. The fourth-order valence-corrected chi connectivity index (χ4v) is 11.1. The van der Waals surface area contributed by atoms with Crippen LogP contribution in [0.25, 0.3) is 0 Å². The summed E-state index contributed by atoms with van der Waals surface area (Å²) in [5, 5.41) is 41.7. The molecular formula is C51H88O16. The molecule has 3 unspecified atom stereocenters. The Morgan fingerprint density at radius 2 is 1.12 bits per heavy atom. The molecule has 0 saturated carbocycles. The molecule has 388 valence electrons. The van der Waals surface area contributed by atoms with Crippen LogP contribution in [0, 0.1) is 23.7 Å². The summed E-state index contributed by atoms with van der Waals surface area (Å²) in [4.78, 5) is 23.1. The Bertz CT molecular complexity index is 1590. The van der Waals surface area contributed by atoms with Crippen LogP contribution in [0.5, 0.6) is 0 Å². The van der Waals surface area contributed by atoms with Crippen LogP contribution in [0.15, 0.2) is 24.3 Å². The van der Waals surface area contributed by atoms with Crippen LogP contribution in [-0.4, -0.2) is 163 Å². The van der Waals surface area contributed by atoms with Gasteiger partial charge in [0.15, 0.2) is 5.79 Å². The molecule has 0 amide bonds. The van der Waals surface area contributed by atoms with Crippen molar-refractivity contribution in [3.05, 3.63) is 24.3 Å². The van der Waals surface area contributed by atoms with Crippen molar-refractivity contribution < 1.29 is 77.4 Å². The number of methoxy groups -OCH3 is 2. The molecule has 7 aliphatic rings. The first-order valence-corrected chi connectivity index (χ1v) is 24.2. The molecule has 4 N–H and O–H groups in total. The number of ether oxygens (including phenoxy) is 10. The molecule has 0 bridgehead atoms. The highest BCUT2D eigenvalue weighted by atomic mass is 16.7. The van der Waals surface area contributed by atoms with E-state index in [0.29, 0.717) is 64.4 Å². The highest BCUT2D eigenvalue weighted by Gasteiger charge is 2.53. The van der Waals surface area contributed by atoms with Crippen LogP contribution < -0.4 is 0 Å². The summed E-state index contributed by atoms with van der Waals surface area (Å²) in [6, 6.07) is 0. The van der Waals surface area contributed by atoms with Gasteiger partial charge in [0.05, 0.1) is 118 Å². The van der Waals surface area contributed by atoms with Gasteiger partial charge in [-0.15, -0.1) is 0 Å². The first kappa shape index (κ1) is 57.5. The Labute approximate surface area is 400 Å². The van der Waals surface area contributed by atoms with E-state index in [2.05, 4.69) is 27.0 Å². The Morgan fingerprint density at radius 3 is 1.60 bits per heavy atom. The summed E-state index contributed by atoms with van der Waals surface area (Å²) >= 11 is 0. The highest BCUT2D eigenvalue weighted by molar-refractivity contribution is 5.69. The van der Waals surface area contributed by atoms with E-state index in [1.807, 2.05) is 27.7 Å². The van der Waals surface area contributed by atoms with Gasteiger partial charge >= 0.3 is 11.9 Å². The lowest BCUT2D eigenvalue weighted by molar-refractivity contribution is -0.294. The molecule has 20 atom stereocenters. The van der Waals surface area contributed by atoms with E-state index >= 15 is 0 Å². The van der Waals surface area contributed by atoms with Gasteiger partial charge in [-0.2, -0.15) is 0 Å². The van der Waals surface area contributed by atoms with E-state index in [1.54, 1.807) is 0 Å². The molecule has 0 spiro atoms. The molecule has 7 saturated heterocycles. The van der Waals surface area contributed by atoms with Gasteiger partial charge in [0.1, 0.15) is 0 Å². The minimum atomic E-state index is -0.742. The zero-order chi connectivity index (χ0) is 47.3. The molecule has 0 aromatic carbocycles. The van der Waals surface area contributed by atoms with Crippen molar-refractivity contribution in [3.63, 3.8) is 0 Å². The first-order valence-electron chi connectivity index (χ1n) is 24.2. The third kappa shape index (κ3) is 14.3. The number of hydrogen-bond acceptors (Lipinski definition) is 16. The van der Waals surface area contributed by atoms with Crippen LogP contribution in [-0.2, 0) is 57.0 Å². The number of fused-ring (bicyclic) bond motifs is 3. The van der Waals surface area contributed by atoms with Crippen molar-refractivity contribution in [1.29, 1.82) is 0 Å². The number of carbonyl (C=O) groups excluding carboxylic acids is 2. The molecule has 0 aliphatic carbocycles. The third-order valence-electron chi connectivity index (χ3n) is 15.2. The molecule has 0 aromatic heterocycles. The van der Waals surface area contributed by atoms with Gasteiger partial charge in [0.2, 0.25) is 0 Å². The zero-order valence-corrected chi connectivity index (χ0v) is 40.0. The van der Waals surface area contributed by atoms with E-state index < -0.39 is 36.3 Å². The van der Waals surface area contributed by atoms with Gasteiger partial charge < -0.3 is 67.8 Å². The van der Waals surface area contributed by atoms with E-state index in [4.69, 9.17) is 47.4 Å². The van der Waals surface area contributed by atoms with Gasteiger partial charge in [-0.3, -0.25) is 9.59 Å². The predicted molar refractivity (Wildman–Crippen MR) is 250 cm³/mol. The monoisotopic (exact) mass is 957 g/mol. The maximum absolute atomic E-state index is 11.6. The Kier molecular flexibility index (Phi) is 21.8. The van der Waals surface area contributed by atoms with Crippen molar-refractivity contribution in [2.24, 2.45) is 23.7 Å². The third-order valence-corrected chi connectivity index (χ3v) is 15.2. The van der Waals surface area contributed by atoms with Crippen molar-refractivity contribution >= 4 is 11.9 Å². The number of esters is 2. The van der Waals surface area contributed by atoms with Crippen LogP contribution >= 0.6 is 0 Å². The summed E-state index contributed by atoms with van der Waals surface area (Å²) in [6.07, 6.45) is 1.50. The van der Waals surface area contributed by atoms with Gasteiger partial charge in [0, 0.05) is 57.0 Å². The summed E-state index contributed by atoms with van der Waals surface area (Å²) in [7, 11) is 2.78. The number of hydrogen-bond donors (Lipinski definition) is 4. The molecule has 7 fully saturated rings. The summed E-state index contributed by atoms with van der Waals surface area (Å²) in [6.45, 7) is 21.1. The van der Waals surface area contributed by atoms with Gasteiger partial charge in [0.25, 0.3) is 0 Å². The fraction of sp³-hybridized carbons (Fsp3) is 0.882. The SMILES string of the molecule is C.C.C=C1C(C[C@@H]2O[C@H]3CC(O)[C@@H](CCO)O[C@H]3[C@H](C)[C@H]2O)O[C@@H](CCC(=O)OC)C[C@H]1C.C=C1C(C[C@@H]2O[C@H]3C[C@H]4OC(C)(C)OCC[C@H]4O[C@H]3[C@H](C)[C@H]2O)O[C@@H](CCC(=O)OC)C[C@H]1C. The Balaban J connectivity index is 0.000000285. The smallest absolute Gasteiger partial charge is 0.305 e. The fourth-order valence-electron chi connectivity index (χ4n) is 11.1. The van der Waals surface area contributed by atoms with Gasteiger partial charge in [-0.25, -0.2) is 0 Å². The quantitative estimate of drug-likeness (QED) is 0.136. The maximum Gasteiger partial charge on any atom is 0.305 e. The normalized spacial score (nSPS) is 42.6. The Morgan fingerprint density at radius 1 is 0.642 bits per heavy atom. The largest absolute Gasteiger partial charge is 0.469 e. The van der Waals surface area contributed by atoms with Crippen LogP contribution in [0.1, 0.15) is 133 Å². The molecule has 7 aliphatic heterocycles. The van der Waals surface area contributed by atoms with E-state index in [9.17, 15) is 30.0 Å². The van der Waals surface area contributed by atoms with Crippen molar-refractivity contribution in [2.75, 3.05) is 27.4 Å². The second-order valence-electron chi connectivity index (χ2n) is 20.3. The lowest BCUT2D eigenvalue weighted by Gasteiger charge is -2.50. The number of aliphatic hydroxyl groups excluding tert-OH is 4. The molecule has 16 nitrogen and oxygen atoms in total. The molecule has 16 heteroatoms. The summed E-state index contributed by atoms with van der Waals surface area (Å²) in [5.41, 5.74) is 1.99. The van der Waals surface area contributed by atoms with Crippen LogP contribution in [0.2, 0.25) is 0 Å². The summed E-state index contributed by atoms with van der Waals surface area (Å²) < 4.78 is 59.3. The lowest BCUT2D eigenvalue weighted by atomic mass is 9.79. The predicted octanol–water partition coefficient (Wildman–Crippen LogP) is 5.76. The van der Waals surface area contributed by atoms with E-state index in [0.717, 1.165) is 30.4 Å². The van der Waals surface area contributed by atoms with E-state index in [-0.39, 0.29) is 124 Å². The van der Waals surface area contributed by atoms with Crippen molar-refractivity contribution in [2.45, 2.75) is 237 Å². The molecule has 7 rings (SSSR count). The molecule has 7 heterocycles. The number of carbonyl (C=O) groups is 2. The Hall–Kier alpha value is -2.06. The summed E-state index contributed by atoms with van der Waals surface area (Å²) in [5.74, 6) is -0.878. The van der Waals surface area contributed by atoms with Gasteiger partial charge in [-0.05, 0) is 75.4 Å². The second-order valence-corrected chi connectivity index (χ2v) is 20.3. The minimum Gasteiger partial charge on any atom is -0.469 e. The number of aliphatic hydroxyl groups is 4. The average molecular weight is 957 g/mol. The first-order chi connectivity index (χ1) is 30.8. The highest BCUT2D eigenvalue weighted by Crippen LogP contribution is 2.43. The molecule has 0 aromatic rings. The van der Waals surface area contributed by atoms with Crippen molar-refractivity contribution in [3.8, 4) is 0 Å². The topological polar surface area (TPSA) is 207 Å². The maximum atomic E-state index is 11.6. The van der Waals surface area contributed by atoms with Crippen LogP contribution in [0.3, 0.4) is 0 Å².